The molecule has 4 rings (SSSR count). The summed E-state index contributed by atoms with van der Waals surface area (Å²) in [6.45, 7) is 1.69. The lowest BCUT2D eigenvalue weighted by molar-refractivity contribution is -0.118. The van der Waals surface area contributed by atoms with Crippen molar-refractivity contribution in [1.82, 2.24) is 4.72 Å². The Hall–Kier alpha value is -2.78. The van der Waals surface area contributed by atoms with E-state index in [-0.39, 0.29) is 30.2 Å². The van der Waals surface area contributed by atoms with Crippen molar-refractivity contribution < 1.29 is 27.4 Å². The van der Waals surface area contributed by atoms with Gasteiger partial charge in [-0.3, -0.25) is 4.79 Å². The molecule has 1 amide bonds. The first-order valence-corrected chi connectivity index (χ1v) is 10.3. The van der Waals surface area contributed by atoms with Crippen molar-refractivity contribution in [2.24, 2.45) is 0 Å². The zero-order chi connectivity index (χ0) is 19.7. The molecule has 0 bridgehead atoms. The Labute approximate surface area is 162 Å². The lowest BCUT2D eigenvalue weighted by Crippen LogP contribution is -2.25. The number of nitrogens with one attached hydrogen (secondary N) is 2. The van der Waals surface area contributed by atoms with E-state index in [1.807, 2.05) is 0 Å². The largest absolute Gasteiger partial charge is 0.483 e. The molecule has 0 aromatic heterocycles. The third-order valence-electron chi connectivity index (χ3n) is 4.37. The molecule has 0 radical (unpaired) electrons. The highest BCUT2D eigenvalue weighted by molar-refractivity contribution is 7.89. The number of hydrogen-bond donors (Lipinski definition) is 2. The van der Waals surface area contributed by atoms with Crippen LogP contribution in [-0.4, -0.2) is 33.8 Å². The monoisotopic (exact) mass is 404 g/mol. The first-order valence-electron chi connectivity index (χ1n) is 8.86. The Kier molecular flexibility index (Phi) is 4.86. The van der Waals surface area contributed by atoms with E-state index < -0.39 is 10.0 Å². The number of anilines is 1. The van der Waals surface area contributed by atoms with E-state index >= 15 is 0 Å². The number of carbonyl (C=O) groups excluding carboxylic acids is 1. The fraction of sp³-hybridized carbons (Fsp3) is 0.316. The summed E-state index contributed by atoms with van der Waals surface area (Å²) in [5.74, 6) is 1.32. The molecule has 2 aliphatic rings. The average Bonchev–Trinajstić information content (AvgIpc) is 3.33. The highest BCUT2D eigenvalue weighted by Crippen LogP contribution is 2.34. The number of amides is 1. The van der Waals surface area contributed by atoms with E-state index in [9.17, 15) is 13.2 Å². The first-order chi connectivity index (χ1) is 13.4. The molecule has 0 unspecified atom stereocenters. The summed E-state index contributed by atoms with van der Waals surface area (Å²) in [4.78, 5) is 12.3. The Bertz CT molecular complexity index is 1020. The molecule has 9 heteroatoms. The van der Waals surface area contributed by atoms with E-state index in [0.29, 0.717) is 28.5 Å². The number of hydrogen-bond acceptors (Lipinski definition) is 6. The van der Waals surface area contributed by atoms with Crippen LogP contribution in [-0.2, 0) is 14.8 Å². The van der Waals surface area contributed by atoms with Gasteiger partial charge in [0.15, 0.2) is 18.1 Å². The second kappa shape index (κ2) is 7.33. The minimum absolute atomic E-state index is 0.0427. The van der Waals surface area contributed by atoms with Crippen molar-refractivity contribution in [3.05, 3.63) is 42.0 Å². The molecule has 1 aliphatic carbocycles. The molecular weight excluding hydrogens is 384 g/mol. The summed E-state index contributed by atoms with van der Waals surface area (Å²) < 4.78 is 43.2. The van der Waals surface area contributed by atoms with Crippen molar-refractivity contribution in [2.75, 3.05) is 18.7 Å². The van der Waals surface area contributed by atoms with Crippen LogP contribution >= 0.6 is 0 Å². The van der Waals surface area contributed by atoms with Gasteiger partial charge in [-0.05, 0) is 55.7 Å². The number of carbonyl (C=O) groups is 1. The van der Waals surface area contributed by atoms with E-state index in [1.54, 1.807) is 31.2 Å². The van der Waals surface area contributed by atoms with Gasteiger partial charge in [0.2, 0.25) is 16.8 Å². The van der Waals surface area contributed by atoms with E-state index in [4.69, 9.17) is 14.2 Å². The summed E-state index contributed by atoms with van der Waals surface area (Å²) in [6, 6.07) is 9.73. The molecule has 2 N–H and O–H groups in total. The van der Waals surface area contributed by atoms with Crippen molar-refractivity contribution in [3.8, 4) is 17.2 Å². The van der Waals surface area contributed by atoms with Crippen molar-refractivity contribution in [3.63, 3.8) is 0 Å². The van der Waals surface area contributed by atoms with Crippen LogP contribution in [0.3, 0.4) is 0 Å². The van der Waals surface area contributed by atoms with Crippen LogP contribution in [0.5, 0.6) is 17.2 Å². The normalized spacial score (nSPS) is 15.3. The quantitative estimate of drug-likeness (QED) is 0.733. The van der Waals surface area contributed by atoms with Gasteiger partial charge in [-0.2, -0.15) is 0 Å². The van der Waals surface area contributed by atoms with Gasteiger partial charge < -0.3 is 19.5 Å². The molecule has 0 atom stereocenters. The molecule has 1 heterocycles. The summed E-state index contributed by atoms with van der Waals surface area (Å²) in [7, 11) is -3.52. The van der Waals surface area contributed by atoms with Crippen LogP contribution < -0.4 is 24.2 Å². The minimum atomic E-state index is -3.52. The molecule has 8 nitrogen and oxygen atoms in total. The van der Waals surface area contributed by atoms with Gasteiger partial charge in [0.1, 0.15) is 5.75 Å². The zero-order valence-corrected chi connectivity index (χ0v) is 16.0. The third-order valence-corrected chi connectivity index (χ3v) is 5.89. The van der Waals surface area contributed by atoms with Crippen LogP contribution in [0.4, 0.5) is 5.69 Å². The van der Waals surface area contributed by atoms with Gasteiger partial charge in [-0.15, -0.1) is 0 Å². The standard InChI is InChI=1S/C19H20N2O6S/c1-12-8-15(28(23,24)21-13-2-3-13)5-7-16(12)25-10-19(22)20-14-4-6-17-18(9-14)27-11-26-17/h4-9,13,21H,2-3,10-11H2,1H3,(H,20,22). The Balaban J connectivity index is 1.35. The predicted octanol–water partition coefficient (Wildman–Crippen LogP) is 2.18. The summed E-state index contributed by atoms with van der Waals surface area (Å²) in [5, 5.41) is 2.72. The topological polar surface area (TPSA) is 103 Å². The predicted molar refractivity (Wildman–Crippen MR) is 101 cm³/mol. The van der Waals surface area contributed by atoms with Crippen LogP contribution in [0.25, 0.3) is 0 Å². The number of sulfonamides is 1. The Morgan fingerprint density at radius 3 is 2.68 bits per heavy atom. The number of fused-ring (bicyclic) bond motifs is 1. The van der Waals surface area contributed by atoms with Crippen LogP contribution in [0.2, 0.25) is 0 Å². The Morgan fingerprint density at radius 1 is 1.14 bits per heavy atom. The SMILES string of the molecule is Cc1cc(S(=O)(=O)NC2CC2)ccc1OCC(=O)Nc1ccc2c(c1)OCO2. The van der Waals surface area contributed by atoms with E-state index in [0.717, 1.165) is 12.8 Å². The van der Waals surface area contributed by atoms with Crippen LogP contribution in [0.15, 0.2) is 41.3 Å². The third kappa shape index (κ3) is 4.20. The zero-order valence-electron chi connectivity index (χ0n) is 15.2. The number of ether oxygens (including phenoxy) is 3. The first kappa shape index (κ1) is 18.6. The lowest BCUT2D eigenvalue weighted by Gasteiger charge is -2.12. The number of benzene rings is 2. The lowest BCUT2D eigenvalue weighted by atomic mass is 10.2. The number of aryl methyl sites for hydroxylation is 1. The van der Waals surface area contributed by atoms with E-state index in [2.05, 4.69) is 10.0 Å². The highest BCUT2D eigenvalue weighted by Gasteiger charge is 2.28. The molecule has 28 heavy (non-hydrogen) atoms. The fourth-order valence-electron chi connectivity index (χ4n) is 2.75. The van der Waals surface area contributed by atoms with Gasteiger partial charge >= 0.3 is 0 Å². The minimum Gasteiger partial charge on any atom is -0.483 e. The average molecular weight is 404 g/mol. The molecule has 148 valence electrons. The maximum Gasteiger partial charge on any atom is 0.262 e. The smallest absolute Gasteiger partial charge is 0.262 e. The van der Waals surface area contributed by atoms with Crippen molar-refractivity contribution in [1.29, 1.82) is 0 Å². The van der Waals surface area contributed by atoms with Gasteiger partial charge in [-0.1, -0.05) is 0 Å². The van der Waals surface area contributed by atoms with Gasteiger partial charge in [-0.25, -0.2) is 13.1 Å². The van der Waals surface area contributed by atoms with Crippen molar-refractivity contribution in [2.45, 2.75) is 30.7 Å². The maximum atomic E-state index is 12.3. The highest BCUT2D eigenvalue weighted by atomic mass is 32.2. The molecule has 1 aliphatic heterocycles. The molecule has 1 saturated carbocycles. The molecule has 2 aromatic rings. The second-order valence-corrected chi connectivity index (χ2v) is 8.44. The van der Waals surface area contributed by atoms with Crippen molar-refractivity contribution >= 4 is 21.6 Å². The van der Waals surface area contributed by atoms with E-state index in [1.165, 1.54) is 12.1 Å². The second-order valence-electron chi connectivity index (χ2n) is 6.73. The molecular formula is C19H20N2O6S. The number of rotatable bonds is 7. The van der Waals surface area contributed by atoms with Gasteiger partial charge in [0.25, 0.3) is 5.91 Å². The fourth-order valence-corrected chi connectivity index (χ4v) is 4.14. The Morgan fingerprint density at radius 2 is 1.93 bits per heavy atom. The summed E-state index contributed by atoms with van der Waals surface area (Å²) in [6.07, 6.45) is 1.75. The van der Waals surface area contributed by atoms with Crippen LogP contribution in [0.1, 0.15) is 18.4 Å². The maximum absolute atomic E-state index is 12.3. The molecule has 2 aromatic carbocycles. The molecule has 0 spiro atoms. The summed E-state index contributed by atoms with van der Waals surface area (Å²) in [5.41, 5.74) is 1.21. The van der Waals surface area contributed by atoms with Gasteiger partial charge in [0.05, 0.1) is 4.90 Å². The summed E-state index contributed by atoms with van der Waals surface area (Å²) >= 11 is 0. The molecule has 0 saturated heterocycles. The van der Waals surface area contributed by atoms with Gasteiger partial charge in [0, 0.05) is 17.8 Å². The van der Waals surface area contributed by atoms with Crippen LogP contribution in [0, 0.1) is 6.92 Å². The molecule has 1 fully saturated rings.